The van der Waals surface area contributed by atoms with Crippen molar-refractivity contribution in [2.24, 2.45) is 0 Å². The Bertz CT molecular complexity index is 971. The number of anilines is 1. The van der Waals surface area contributed by atoms with E-state index in [0.29, 0.717) is 36.3 Å². The lowest BCUT2D eigenvalue weighted by molar-refractivity contribution is -0.117. The van der Waals surface area contributed by atoms with Crippen molar-refractivity contribution in [2.75, 3.05) is 18.5 Å². The van der Waals surface area contributed by atoms with Crippen LogP contribution in [-0.4, -0.2) is 40.4 Å². The molecule has 2 heterocycles. The van der Waals surface area contributed by atoms with E-state index in [2.05, 4.69) is 10.6 Å². The molecule has 1 aliphatic heterocycles. The molecule has 0 spiro atoms. The van der Waals surface area contributed by atoms with E-state index in [-0.39, 0.29) is 35.2 Å². The Balaban J connectivity index is 1.94. The number of aliphatic hydroxyl groups is 1. The number of benzene rings is 1. The summed E-state index contributed by atoms with van der Waals surface area (Å²) in [5, 5.41) is 13.7. The van der Waals surface area contributed by atoms with E-state index in [1.54, 1.807) is 11.5 Å². The number of aryl methyl sites for hydroxylation is 1. The van der Waals surface area contributed by atoms with Crippen LogP contribution in [-0.2, 0) is 17.8 Å². The number of ketones is 1. The van der Waals surface area contributed by atoms with Crippen LogP contribution in [0.2, 0.25) is 5.02 Å². The van der Waals surface area contributed by atoms with Crippen LogP contribution in [0.1, 0.15) is 38.5 Å². The molecule has 1 aromatic carbocycles. The van der Waals surface area contributed by atoms with Gasteiger partial charge in [-0.2, -0.15) is 0 Å². The maximum Gasteiger partial charge on any atom is 0.294 e. The first-order chi connectivity index (χ1) is 13.3. The molecule has 0 unspecified atom stereocenters. The summed E-state index contributed by atoms with van der Waals surface area (Å²) in [5.74, 6) is -2.68. The zero-order chi connectivity index (χ0) is 20.4. The van der Waals surface area contributed by atoms with E-state index in [9.17, 15) is 18.8 Å². The lowest BCUT2D eigenvalue weighted by atomic mass is 10.1. The van der Waals surface area contributed by atoms with Crippen molar-refractivity contribution in [3.05, 3.63) is 51.6 Å². The Hall–Kier alpha value is -2.71. The van der Waals surface area contributed by atoms with Crippen LogP contribution >= 0.6 is 11.6 Å². The molecule has 9 heteroatoms. The molecular formula is C19H19ClFN3O4. The summed E-state index contributed by atoms with van der Waals surface area (Å²) in [7, 11) is 0. The number of nitrogens with one attached hydrogen (secondary N) is 2. The highest BCUT2D eigenvalue weighted by Crippen LogP contribution is 2.34. The summed E-state index contributed by atoms with van der Waals surface area (Å²) >= 11 is 6.35. The van der Waals surface area contributed by atoms with Gasteiger partial charge in [0.1, 0.15) is 11.5 Å². The monoisotopic (exact) mass is 407 g/mol. The Labute approximate surface area is 165 Å². The highest BCUT2D eigenvalue weighted by Gasteiger charge is 2.34. The lowest BCUT2D eigenvalue weighted by Crippen LogP contribution is -2.34. The van der Waals surface area contributed by atoms with Gasteiger partial charge in [-0.1, -0.05) is 11.6 Å². The number of halogens is 2. The number of carbonyl (C=O) groups is 3. The van der Waals surface area contributed by atoms with Crippen LogP contribution in [0.4, 0.5) is 10.1 Å². The van der Waals surface area contributed by atoms with Crippen LogP contribution < -0.4 is 10.6 Å². The maximum atomic E-state index is 13.4. The molecule has 1 aromatic heterocycles. The molecule has 0 aliphatic carbocycles. The highest BCUT2D eigenvalue weighted by molar-refractivity contribution is 6.48. The predicted molar refractivity (Wildman–Crippen MR) is 101 cm³/mol. The van der Waals surface area contributed by atoms with Crippen LogP contribution in [0.25, 0.3) is 0 Å². The summed E-state index contributed by atoms with van der Waals surface area (Å²) in [5.41, 5.74) is 1.46. The standard InChI is InChI=1S/C19H19ClFN3O4/c1-10-9-11(4-5-12(10)21)23-18(27)14-13-3-2-7-24(13)16(15(14)20)17(26)19(28)22-6-8-25/h4-5,9,25H,2-3,6-8H2,1H3,(H,22,28)(H,23,27). The smallest absolute Gasteiger partial charge is 0.294 e. The van der Waals surface area contributed by atoms with E-state index in [1.807, 2.05) is 0 Å². The van der Waals surface area contributed by atoms with E-state index < -0.39 is 17.6 Å². The summed E-state index contributed by atoms with van der Waals surface area (Å²) in [6, 6.07) is 4.17. The molecule has 0 saturated heterocycles. The first kappa shape index (κ1) is 20.0. The Morgan fingerprint density at radius 3 is 2.75 bits per heavy atom. The van der Waals surface area contributed by atoms with Crippen molar-refractivity contribution in [3.8, 4) is 0 Å². The molecule has 3 N–H and O–H groups in total. The van der Waals surface area contributed by atoms with Crippen molar-refractivity contribution < 1.29 is 23.9 Å². The molecule has 3 rings (SSSR count). The minimum atomic E-state index is -0.899. The first-order valence-corrected chi connectivity index (χ1v) is 9.14. The molecule has 0 radical (unpaired) electrons. The van der Waals surface area contributed by atoms with Gasteiger partial charge in [0.25, 0.3) is 17.6 Å². The van der Waals surface area contributed by atoms with Crippen LogP contribution in [0, 0.1) is 12.7 Å². The number of fused-ring (bicyclic) bond motifs is 1. The third kappa shape index (κ3) is 3.65. The number of aliphatic hydroxyl groups excluding tert-OH is 1. The number of carbonyl (C=O) groups excluding carboxylic acids is 3. The summed E-state index contributed by atoms with van der Waals surface area (Å²) in [6.07, 6.45) is 1.25. The Morgan fingerprint density at radius 1 is 1.32 bits per heavy atom. The minimum absolute atomic E-state index is 0.0370. The van der Waals surface area contributed by atoms with Gasteiger partial charge in [0, 0.05) is 24.5 Å². The fourth-order valence-corrected chi connectivity index (χ4v) is 3.65. The van der Waals surface area contributed by atoms with Gasteiger partial charge in [-0.25, -0.2) is 4.39 Å². The molecule has 2 aromatic rings. The van der Waals surface area contributed by atoms with Gasteiger partial charge in [-0.05, 0) is 43.5 Å². The van der Waals surface area contributed by atoms with Crippen LogP contribution in [0.5, 0.6) is 0 Å². The van der Waals surface area contributed by atoms with Gasteiger partial charge in [-0.3, -0.25) is 14.4 Å². The van der Waals surface area contributed by atoms with Gasteiger partial charge in [0.15, 0.2) is 0 Å². The zero-order valence-corrected chi connectivity index (χ0v) is 15.9. The minimum Gasteiger partial charge on any atom is -0.395 e. The maximum absolute atomic E-state index is 13.4. The molecule has 0 fully saturated rings. The van der Waals surface area contributed by atoms with E-state index >= 15 is 0 Å². The number of hydrogen-bond acceptors (Lipinski definition) is 4. The fourth-order valence-electron chi connectivity index (χ4n) is 3.27. The Kier molecular flexibility index (Phi) is 5.81. The highest BCUT2D eigenvalue weighted by atomic mass is 35.5. The number of aromatic nitrogens is 1. The van der Waals surface area contributed by atoms with E-state index in [0.717, 1.165) is 0 Å². The summed E-state index contributed by atoms with van der Waals surface area (Å²) in [4.78, 5) is 37.4. The predicted octanol–water partition coefficient (Wildman–Crippen LogP) is 2.08. The molecule has 0 bridgehead atoms. The van der Waals surface area contributed by atoms with Gasteiger partial charge < -0.3 is 20.3 Å². The number of hydrogen-bond donors (Lipinski definition) is 3. The average Bonchev–Trinajstić information content (AvgIpc) is 3.21. The number of amides is 2. The third-order valence-electron chi connectivity index (χ3n) is 4.57. The topological polar surface area (TPSA) is 100 Å². The largest absolute Gasteiger partial charge is 0.395 e. The van der Waals surface area contributed by atoms with Gasteiger partial charge in [0.2, 0.25) is 0 Å². The Morgan fingerprint density at radius 2 is 2.07 bits per heavy atom. The molecular weight excluding hydrogens is 389 g/mol. The number of Topliss-reactive ketones (excluding diaryl/α,β-unsaturated/α-hetero) is 1. The molecule has 148 valence electrons. The molecule has 28 heavy (non-hydrogen) atoms. The van der Waals surface area contributed by atoms with Crippen LogP contribution in [0.3, 0.4) is 0 Å². The average molecular weight is 408 g/mol. The summed E-state index contributed by atoms with van der Waals surface area (Å²) < 4.78 is 15.0. The van der Waals surface area contributed by atoms with Crippen molar-refractivity contribution in [2.45, 2.75) is 26.3 Å². The molecule has 2 amide bonds. The molecule has 1 aliphatic rings. The number of rotatable bonds is 6. The molecule has 7 nitrogen and oxygen atoms in total. The van der Waals surface area contributed by atoms with E-state index in [1.165, 1.54) is 18.2 Å². The second-order valence-electron chi connectivity index (χ2n) is 6.47. The molecule has 0 saturated carbocycles. The summed E-state index contributed by atoms with van der Waals surface area (Å²) in [6.45, 7) is 1.68. The van der Waals surface area contributed by atoms with Crippen molar-refractivity contribution in [1.29, 1.82) is 0 Å². The first-order valence-electron chi connectivity index (χ1n) is 8.77. The van der Waals surface area contributed by atoms with Crippen LogP contribution in [0.15, 0.2) is 18.2 Å². The SMILES string of the molecule is Cc1cc(NC(=O)c2c(Cl)c(C(=O)C(=O)NCCO)n3c2CCC3)ccc1F. The van der Waals surface area contributed by atoms with Crippen molar-refractivity contribution >= 4 is 34.9 Å². The lowest BCUT2D eigenvalue weighted by Gasteiger charge is -2.07. The quantitative estimate of drug-likeness (QED) is 0.504. The van der Waals surface area contributed by atoms with Crippen molar-refractivity contribution in [1.82, 2.24) is 9.88 Å². The second kappa shape index (κ2) is 8.12. The zero-order valence-electron chi connectivity index (χ0n) is 15.1. The van der Waals surface area contributed by atoms with Gasteiger partial charge >= 0.3 is 0 Å². The van der Waals surface area contributed by atoms with Crippen molar-refractivity contribution in [3.63, 3.8) is 0 Å². The fraction of sp³-hybridized carbons (Fsp3) is 0.316. The van der Waals surface area contributed by atoms with Gasteiger partial charge in [-0.15, -0.1) is 0 Å². The second-order valence-corrected chi connectivity index (χ2v) is 6.84. The normalized spacial score (nSPS) is 12.6. The number of nitrogens with zero attached hydrogens (tertiary/aromatic N) is 1. The van der Waals surface area contributed by atoms with Gasteiger partial charge in [0.05, 0.1) is 17.2 Å². The third-order valence-corrected chi connectivity index (χ3v) is 4.94. The van der Waals surface area contributed by atoms with E-state index in [4.69, 9.17) is 16.7 Å². The molecule has 0 atom stereocenters.